The van der Waals surface area contributed by atoms with Gasteiger partial charge in [-0.3, -0.25) is 95.9 Å². The smallest absolute Gasteiger partial charge is 0.326 e. The number of aromatic nitrogens is 1. The minimum Gasteiger partial charge on any atom is -0.481 e. The fraction of sp³-hybridized carbons (Fsp3) is 0.688. The van der Waals surface area contributed by atoms with Crippen molar-refractivity contribution in [1.29, 1.82) is 0 Å². The highest BCUT2D eigenvalue weighted by atomic mass is 32.1. The number of nitrogens with two attached hydrogens (primary N) is 6. The lowest BCUT2D eigenvalue weighted by Gasteiger charge is -2.30. The van der Waals surface area contributed by atoms with Gasteiger partial charge in [-0.25, -0.2) is 4.79 Å². The summed E-state index contributed by atoms with van der Waals surface area (Å²) in [4.78, 5) is 293. The molecule has 2 rings (SSSR count). The molecule has 50 nitrogen and oxygen atoms in total. The first-order valence-electron chi connectivity index (χ1n) is 49.0. The van der Waals surface area contributed by atoms with Crippen LogP contribution >= 0.6 is 25.3 Å². The Kier molecular flexibility index (Phi) is 60.3. The van der Waals surface area contributed by atoms with Crippen LogP contribution in [0.15, 0.2) is 30.5 Å². The molecule has 0 saturated carbocycles. The molecule has 52 heteroatoms. The van der Waals surface area contributed by atoms with Gasteiger partial charge in [0.05, 0.1) is 31.2 Å². The van der Waals surface area contributed by atoms with Crippen molar-refractivity contribution in [3.8, 4) is 0 Å². The number of aromatic amines is 1. The summed E-state index contributed by atoms with van der Waals surface area (Å²) in [5.74, 6) is -26.2. The molecule has 818 valence electrons. The number of carbonyl (C=O) groups is 21. The zero-order valence-corrected chi connectivity index (χ0v) is 86.5. The van der Waals surface area contributed by atoms with Crippen LogP contribution in [-0.4, -0.2) is 314 Å². The van der Waals surface area contributed by atoms with Crippen molar-refractivity contribution in [3.05, 3.63) is 36.0 Å². The van der Waals surface area contributed by atoms with E-state index in [4.69, 9.17) is 34.4 Å². The Labute approximate surface area is 854 Å². The number of benzene rings is 1. The SMILES string of the molecule is CC(C)C[C@H](NC(=O)[C@H](CC(=O)O)NC(=O)[C@H](Cc1c[nH]c2ccccc12)NC(=O)[C@H](CCCCN)NC(=O)CNC(=O)[C@H](CCCCN)NC(=O)[C@H](CC(C)C)NC(=O)[C@H](CS)NC(=O)[C@@H](N)CCCCN)C(=O)N[C@@H](CC(C)C)C(=O)N[C@H](C(=O)N[C@@H](CCCCN)C(=O)N[C@@H](CCC(N)=O)C(=O)N[C@@H](CS)C(=O)N[C@H](C(=O)N[C@H](C(=O)N[C@@H](CCC(=O)O)C(=O)N[C@H](C(=O)O)C(C)C)[C@@H](C)O)C(C)C)[C@@H](C)O. The van der Waals surface area contributed by atoms with Crippen LogP contribution in [0.5, 0.6) is 0 Å². The lowest BCUT2D eigenvalue weighted by atomic mass is 9.99. The number of fused-ring (bicyclic) bond motifs is 1. The highest BCUT2D eigenvalue weighted by molar-refractivity contribution is 7.80. The Balaban J connectivity index is 2.56. The summed E-state index contributed by atoms with van der Waals surface area (Å²) in [6.07, 6.45) is -3.41. The van der Waals surface area contributed by atoms with E-state index in [1.54, 1.807) is 72.0 Å². The Morgan fingerprint density at radius 3 is 1.07 bits per heavy atom. The average molecular weight is 2090 g/mol. The van der Waals surface area contributed by atoms with E-state index in [1.807, 2.05) is 0 Å². The number of H-pyrrole nitrogens is 1. The number of aliphatic carboxylic acids is 3. The summed E-state index contributed by atoms with van der Waals surface area (Å²) in [6.45, 7) is 18.3. The number of amides is 18. The minimum absolute atomic E-state index is 0.00882. The molecule has 0 spiro atoms. The van der Waals surface area contributed by atoms with Gasteiger partial charge in [-0.15, -0.1) is 0 Å². The van der Waals surface area contributed by atoms with Crippen LogP contribution in [0.2, 0.25) is 0 Å². The van der Waals surface area contributed by atoms with Crippen molar-refractivity contribution in [2.45, 2.75) is 333 Å². The summed E-state index contributed by atoms with van der Waals surface area (Å²) < 4.78 is 0. The molecule has 1 aromatic carbocycles. The van der Waals surface area contributed by atoms with Gasteiger partial charge in [-0.05, 0) is 184 Å². The van der Waals surface area contributed by atoms with Crippen LogP contribution in [0.3, 0.4) is 0 Å². The van der Waals surface area contributed by atoms with Gasteiger partial charge in [0.1, 0.15) is 96.7 Å². The minimum atomic E-state index is -2.03. The van der Waals surface area contributed by atoms with Gasteiger partial charge in [0.25, 0.3) is 0 Å². The summed E-state index contributed by atoms with van der Waals surface area (Å²) in [5.41, 5.74) is 35.7. The van der Waals surface area contributed by atoms with Gasteiger partial charge < -0.3 is 155 Å². The number of hydrogen-bond donors (Lipinski definition) is 31. The highest BCUT2D eigenvalue weighted by Crippen LogP contribution is 2.22. The Hall–Kier alpha value is -11.9. The van der Waals surface area contributed by atoms with Gasteiger partial charge in [-0.1, -0.05) is 93.9 Å². The molecule has 1 aromatic heterocycles. The number of thiol groups is 2. The van der Waals surface area contributed by atoms with E-state index in [2.05, 4.69) is 121 Å². The van der Waals surface area contributed by atoms with Gasteiger partial charge in [-0.2, -0.15) is 25.3 Å². The number of rotatable bonds is 73. The lowest BCUT2D eigenvalue weighted by Crippen LogP contribution is -2.63. The third-order valence-corrected chi connectivity index (χ3v) is 23.8. The van der Waals surface area contributed by atoms with Crippen LogP contribution < -0.4 is 125 Å². The highest BCUT2D eigenvalue weighted by Gasteiger charge is 2.42. The summed E-state index contributed by atoms with van der Waals surface area (Å²) >= 11 is 8.49. The lowest BCUT2D eigenvalue weighted by molar-refractivity contribution is -0.144. The molecule has 0 radical (unpaired) electrons. The topological polar surface area (TPSA) is 836 Å². The maximum Gasteiger partial charge on any atom is 0.326 e. The Bertz CT molecular complexity index is 4600. The normalized spacial score (nSPS) is 15.4. The molecule has 2 aromatic rings. The first-order valence-corrected chi connectivity index (χ1v) is 50.2. The number of carboxylic acid groups (broad SMARTS) is 3. The standard InChI is InChI=1S/C93H158N24O26S2/c1-46(2)37-62(109-88(137)67(44-144)112-77(126)55(98)24-15-19-33-94)83(132)103-57(26-16-20-34-95)78(127)101-43-70(121)102-58(27-17-21-35-96)79(128)110-65(40-53-42-100-56-25-14-13-23-54(53)56)85(134)111-66(41-72(124)125)86(135)107-63(38-47(3)4)84(133)108-64(39-48(5)6)87(136)116-75(51(11)118)91(140)105-59(28-18-22-36-97)80(129)104-60(29-31-69(99)120)81(130)113-68(45-145)89(138)114-73(49(7)8)90(139)117-76(52(12)119)92(141)106-61(30-32-71(122)123)82(131)115-74(50(9)10)93(142)143/h13-14,23,25,42,46-52,55,57-68,73-76,100,118-119,144-145H,15-22,24,26-41,43-45,94-98H2,1-12H3,(H2,99,120)(H,101,127)(H,102,121)(H,103,132)(H,104,129)(H,105,140)(H,106,141)(H,107,135)(H,108,133)(H,109,137)(H,110,128)(H,111,134)(H,112,126)(H,113,130)(H,114,138)(H,115,131)(H,116,136)(H,117,139)(H,122,123)(H,124,125)(H,142,143)/t51-,52-,55+,57+,58+,59+,60+,61+,62+,63+,64+,65+,66+,67+,68+,73+,74+,75+,76+/m1/s1. The molecular formula is C93H158N24O26S2. The number of primary amides is 1. The van der Waals surface area contributed by atoms with Gasteiger partial charge in [0.15, 0.2) is 0 Å². The van der Waals surface area contributed by atoms with Gasteiger partial charge in [0.2, 0.25) is 106 Å². The number of hydrogen-bond acceptors (Lipinski definition) is 30. The number of aliphatic hydroxyl groups is 2. The second-order valence-corrected chi connectivity index (χ2v) is 38.6. The van der Waals surface area contributed by atoms with E-state index in [1.165, 1.54) is 27.7 Å². The van der Waals surface area contributed by atoms with Crippen molar-refractivity contribution < 1.29 is 126 Å². The Morgan fingerprint density at radius 1 is 0.338 bits per heavy atom. The monoisotopic (exact) mass is 2090 g/mol. The van der Waals surface area contributed by atoms with Crippen molar-refractivity contribution in [3.63, 3.8) is 0 Å². The van der Waals surface area contributed by atoms with Crippen LogP contribution in [0, 0.1) is 29.6 Å². The van der Waals surface area contributed by atoms with E-state index in [9.17, 15) is 121 Å². The fourth-order valence-electron chi connectivity index (χ4n) is 15.0. The summed E-state index contributed by atoms with van der Waals surface area (Å²) in [7, 11) is 0. The van der Waals surface area contributed by atoms with E-state index >= 15 is 4.79 Å². The molecule has 1 heterocycles. The van der Waals surface area contributed by atoms with E-state index < -0.39 is 307 Å². The molecule has 35 N–H and O–H groups in total. The first kappa shape index (κ1) is 129. The van der Waals surface area contributed by atoms with Crippen molar-refractivity contribution >= 4 is 160 Å². The molecule has 0 bridgehead atoms. The number of nitrogens with one attached hydrogen (secondary N) is 18. The molecule has 18 amide bonds. The average Bonchev–Trinajstić information content (AvgIpc) is 1.64. The zero-order valence-electron chi connectivity index (χ0n) is 84.7. The van der Waals surface area contributed by atoms with E-state index in [0.29, 0.717) is 61.5 Å². The van der Waals surface area contributed by atoms with Crippen molar-refractivity contribution in [2.24, 2.45) is 64.0 Å². The maximum atomic E-state index is 15.0. The van der Waals surface area contributed by atoms with Crippen LogP contribution in [-0.2, 0) is 107 Å². The second-order valence-electron chi connectivity index (χ2n) is 37.9. The third-order valence-electron chi connectivity index (χ3n) is 23.1. The van der Waals surface area contributed by atoms with Crippen molar-refractivity contribution in [2.75, 3.05) is 44.2 Å². The molecule has 19 atom stereocenters. The van der Waals surface area contributed by atoms with Crippen LogP contribution in [0.25, 0.3) is 10.9 Å². The van der Waals surface area contributed by atoms with Crippen LogP contribution in [0.4, 0.5) is 0 Å². The zero-order chi connectivity index (χ0) is 110. The number of aliphatic hydroxyl groups excluding tert-OH is 2. The van der Waals surface area contributed by atoms with E-state index in [0.717, 1.165) is 13.8 Å². The largest absolute Gasteiger partial charge is 0.481 e. The predicted molar refractivity (Wildman–Crippen MR) is 540 cm³/mol. The molecular weight excluding hydrogens is 1930 g/mol. The third kappa shape index (κ3) is 48.3. The fourth-order valence-corrected chi connectivity index (χ4v) is 15.5. The Morgan fingerprint density at radius 2 is 0.655 bits per heavy atom. The quantitative estimate of drug-likeness (QED) is 0.0217. The maximum absolute atomic E-state index is 15.0. The number of carbonyl (C=O) groups excluding carboxylic acids is 18. The molecule has 145 heavy (non-hydrogen) atoms. The molecule has 0 aliphatic rings. The van der Waals surface area contributed by atoms with Gasteiger partial charge in [0, 0.05) is 47.9 Å². The molecule has 0 unspecified atom stereocenters. The summed E-state index contributed by atoms with van der Waals surface area (Å²) in [6, 6.07) is -20.0. The first-order chi connectivity index (χ1) is 68.2. The molecule has 0 fully saturated rings. The molecule has 0 saturated heterocycles. The molecule has 0 aliphatic heterocycles. The number of para-hydroxylation sites is 1. The number of unbranched alkanes of at least 4 members (excludes halogenated alkanes) is 4. The summed E-state index contributed by atoms with van der Waals surface area (Å²) in [5, 5.41) is 94.2. The number of carboxylic acids is 3. The predicted octanol–water partition coefficient (Wildman–Crippen LogP) is -5.81. The van der Waals surface area contributed by atoms with Crippen LogP contribution in [0.1, 0.15) is 217 Å². The second kappa shape index (κ2) is 67.7. The van der Waals surface area contributed by atoms with Gasteiger partial charge >= 0.3 is 17.9 Å². The van der Waals surface area contributed by atoms with Crippen molar-refractivity contribution in [1.82, 2.24) is 95.4 Å². The van der Waals surface area contributed by atoms with E-state index in [-0.39, 0.29) is 95.5 Å². The molecule has 0 aliphatic carbocycles.